The molecule has 1 aliphatic rings. The molecule has 4 heteroatoms. The zero-order chi connectivity index (χ0) is 8.81. The van der Waals surface area contributed by atoms with E-state index in [1.165, 1.54) is 0 Å². The minimum atomic E-state index is -0.118. The molecule has 0 aromatic carbocycles. The third kappa shape index (κ3) is 2.36. The van der Waals surface area contributed by atoms with Crippen LogP contribution in [0.15, 0.2) is 12.2 Å². The van der Waals surface area contributed by atoms with Gasteiger partial charge < -0.3 is 10.6 Å². The average Bonchev–Trinajstić information content (AvgIpc) is 2.15. The van der Waals surface area contributed by atoms with Crippen molar-refractivity contribution in [1.29, 1.82) is 5.26 Å². The molecule has 4 nitrogen and oxygen atoms in total. The number of hydrogen-bond acceptors (Lipinski definition) is 3. The summed E-state index contributed by atoms with van der Waals surface area (Å²) < 4.78 is 0. The molecule has 1 amide bonds. The summed E-state index contributed by atoms with van der Waals surface area (Å²) in [6, 6.07) is 1.86. The van der Waals surface area contributed by atoms with Gasteiger partial charge in [-0.3, -0.25) is 4.79 Å². The third-order valence-corrected chi connectivity index (χ3v) is 1.67. The van der Waals surface area contributed by atoms with E-state index in [-0.39, 0.29) is 18.4 Å². The number of rotatable bonds is 2. The van der Waals surface area contributed by atoms with E-state index in [4.69, 9.17) is 5.26 Å². The Morgan fingerprint density at radius 3 is 3.25 bits per heavy atom. The van der Waals surface area contributed by atoms with E-state index in [0.29, 0.717) is 6.54 Å². The summed E-state index contributed by atoms with van der Waals surface area (Å²) in [5.74, 6) is -0.202. The first-order chi connectivity index (χ1) is 5.84. The lowest BCUT2D eigenvalue weighted by atomic mass is 10.1. The van der Waals surface area contributed by atoms with Crippen molar-refractivity contribution in [2.45, 2.75) is 0 Å². The Balaban J connectivity index is 2.36. The van der Waals surface area contributed by atoms with Crippen LogP contribution in [0.1, 0.15) is 0 Å². The van der Waals surface area contributed by atoms with Crippen molar-refractivity contribution in [3.05, 3.63) is 12.2 Å². The van der Waals surface area contributed by atoms with Crippen LogP contribution in [0.4, 0.5) is 0 Å². The van der Waals surface area contributed by atoms with Gasteiger partial charge in [0.15, 0.2) is 0 Å². The van der Waals surface area contributed by atoms with Gasteiger partial charge in [0, 0.05) is 13.1 Å². The Morgan fingerprint density at radius 2 is 2.67 bits per heavy atom. The molecular weight excluding hydrogens is 154 g/mol. The predicted molar refractivity (Wildman–Crippen MR) is 44.1 cm³/mol. The average molecular weight is 165 g/mol. The van der Waals surface area contributed by atoms with Crippen molar-refractivity contribution in [2.24, 2.45) is 5.92 Å². The molecule has 0 saturated carbocycles. The monoisotopic (exact) mass is 165 g/mol. The molecule has 1 atom stereocenters. The second kappa shape index (κ2) is 4.52. The van der Waals surface area contributed by atoms with Gasteiger partial charge in [-0.1, -0.05) is 12.2 Å². The second-order valence-electron chi connectivity index (χ2n) is 2.57. The van der Waals surface area contributed by atoms with Gasteiger partial charge in [-0.15, -0.1) is 0 Å². The number of nitriles is 1. The molecule has 64 valence electrons. The normalized spacial score (nSPS) is 21.4. The van der Waals surface area contributed by atoms with E-state index in [2.05, 4.69) is 10.6 Å². The zero-order valence-corrected chi connectivity index (χ0v) is 6.71. The van der Waals surface area contributed by atoms with Gasteiger partial charge in [0.2, 0.25) is 5.91 Å². The number of nitrogens with zero attached hydrogens (tertiary/aromatic N) is 1. The lowest BCUT2D eigenvalue weighted by molar-refractivity contribution is -0.123. The summed E-state index contributed by atoms with van der Waals surface area (Å²) in [6.45, 7) is 1.57. The molecule has 0 radical (unpaired) electrons. The van der Waals surface area contributed by atoms with Crippen molar-refractivity contribution in [2.75, 3.05) is 19.6 Å². The van der Waals surface area contributed by atoms with Gasteiger partial charge in [0.05, 0.1) is 12.0 Å². The number of hydrogen-bond donors (Lipinski definition) is 2. The van der Waals surface area contributed by atoms with E-state index in [9.17, 15) is 4.79 Å². The summed E-state index contributed by atoms with van der Waals surface area (Å²) in [6.07, 6.45) is 3.78. The minimum absolute atomic E-state index is 0.0833. The molecule has 1 unspecified atom stereocenters. The Hall–Kier alpha value is -1.34. The molecule has 2 N–H and O–H groups in total. The summed E-state index contributed by atoms with van der Waals surface area (Å²) in [5.41, 5.74) is 0. The Morgan fingerprint density at radius 1 is 1.83 bits per heavy atom. The molecule has 1 rings (SSSR count). The van der Waals surface area contributed by atoms with Gasteiger partial charge in [0.25, 0.3) is 0 Å². The highest BCUT2D eigenvalue weighted by Crippen LogP contribution is 2.00. The fraction of sp³-hybridized carbons (Fsp3) is 0.500. The molecule has 12 heavy (non-hydrogen) atoms. The van der Waals surface area contributed by atoms with Crippen LogP contribution in [0.2, 0.25) is 0 Å². The Kier molecular flexibility index (Phi) is 3.30. The number of carbonyl (C=O) groups is 1. The molecular formula is C8H11N3O. The molecule has 0 saturated heterocycles. The second-order valence-corrected chi connectivity index (χ2v) is 2.57. The van der Waals surface area contributed by atoms with E-state index in [1.807, 2.05) is 18.2 Å². The summed E-state index contributed by atoms with van der Waals surface area (Å²) in [5, 5.41) is 13.8. The quantitative estimate of drug-likeness (QED) is 0.424. The van der Waals surface area contributed by atoms with Crippen LogP contribution in [0.25, 0.3) is 0 Å². The molecule has 1 aliphatic heterocycles. The fourth-order valence-electron chi connectivity index (χ4n) is 1.06. The van der Waals surface area contributed by atoms with Crippen LogP contribution < -0.4 is 10.6 Å². The molecule has 0 aromatic heterocycles. The molecule has 0 aromatic rings. The molecule has 0 aliphatic carbocycles. The Bertz CT molecular complexity index is 229. The highest BCUT2D eigenvalue weighted by atomic mass is 16.1. The van der Waals surface area contributed by atoms with E-state index in [0.717, 1.165) is 6.54 Å². The first-order valence-electron chi connectivity index (χ1n) is 3.86. The standard InChI is InChI=1S/C8H11N3O/c9-3-5-11-8(12)7-2-1-4-10-6-7/h1-2,7,10H,4-6H2,(H,11,12). The van der Waals surface area contributed by atoms with Crippen molar-refractivity contribution in [3.63, 3.8) is 0 Å². The van der Waals surface area contributed by atoms with Crippen LogP contribution >= 0.6 is 0 Å². The first kappa shape index (κ1) is 8.75. The third-order valence-electron chi connectivity index (χ3n) is 1.67. The van der Waals surface area contributed by atoms with E-state index < -0.39 is 0 Å². The van der Waals surface area contributed by atoms with Crippen LogP contribution in [0.3, 0.4) is 0 Å². The van der Waals surface area contributed by atoms with Gasteiger partial charge in [-0.05, 0) is 0 Å². The lowest BCUT2D eigenvalue weighted by Gasteiger charge is -2.15. The van der Waals surface area contributed by atoms with Gasteiger partial charge in [-0.25, -0.2) is 0 Å². The fourth-order valence-corrected chi connectivity index (χ4v) is 1.06. The number of amides is 1. The number of carbonyl (C=O) groups excluding carboxylic acids is 1. The zero-order valence-electron chi connectivity index (χ0n) is 6.71. The van der Waals surface area contributed by atoms with Gasteiger partial charge in [-0.2, -0.15) is 5.26 Å². The maximum atomic E-state index is 11.2. The topological polar surface area (TPSA) is 64.9 Å². The van der Waals surface area contributed by atoms with Crippen LogP contribution in [-0.2, 0) is 4.79 Å². The van der Waals surface area contributed by atoms with Crippen molar-refractivity contribution in [3.8, 4) is 6.07 Å². The van der Waals surface area contributed by atoms with E-state index >= 15 is 0 Å². The highest BCUT2D eigenvalue weighted by molar-refractivity contribution is 5.81. The largest absolute Gasteiger partial charge is 0.342 e. The van der Waals surface area contributed by atoms with E-state index in [1.54, 1.807) is 0 Å². The van der Waals surface area contributed by atoms with Crippen LogP contribution in [-0.4, -0.2) is 25.5 Å². The lowest BCUT2D eigenvalue weighted by Crippen LogP contribution is -2.38. The maximum absolute atomic E-state index is 11.2. The smallest absolute Gasteiger partial charge is 0.229 e. The predicted octanol–water partition coefficient (Wildman–Crippen LogP) is -0.598. The summed E-state index contributed by atoms with van der Waals surface area (Å²) in [4.78, 5) is 11.2. The maximum Gasteiger partial charge on any atom is 0.229 e. The van der Waals surface area contributed by atoms with Crippen LogP contribution in [0, 0.1) is 17.2 Å². The summed E-state index contributed by atoms with van der Waals surface area (Å²) >= 11 is 0. The van der Waals surface area contributed by atoms with Crippen molar-refractivity contribution >= 4 is 5.91 Å². The van der Waals surface area contributed by atoms with Gasteiger partial charge in [0.1, 0.15) is 6.54 Å². The molecule has 0 spiro atoms. The van der Waals surface area contributed by atoms with Crippen molar-refractivity contribution < 1.29 is 4.79 Å². The minimum Gasteiger partial charge on any atom is -0.342 e. The van der Waals surface area contributed by atoms with Crippen LogP contribution in [0.5, 0.6) is 0 Å². The number of nitrogens with one attached hydrogen (secondary N) is 2. The molecule has 1 heterocycles. The summed E-state index contributed by atoms with van der Waals surface area (Å²) in [7, 11) is 0. The van der Waals surface area contributed by atoms with Crippen molar-refractivity contribution in [1.82, 2.24) is 10.6 Å². The first-order valence-corrected chi connectivity index (χ1v) is 3.86. The Labute approximate surface area is 71.3 Å². The molecule has 0 fully saturated rings. The SMILES string of the molecule is N#CCNC(=O)C1C=CCNC1. The van der Waals surface area contributed by atoms with Gasteiger partial charge >= 0.3 is 0 Å². The molecule has 0 bridgehead atoms. The highest BCUT2D eigenvalue weighted by Gasteiger charge is 2.15.